The van der Waals surface area contributed by atoms with Gasteiger partial charge in [-0.2, -0.15) is 0 Å². The summed E-state index contributed by atoms with van der Waals surface area (Å²) in [6, 6.07) is 14.4. The van der Waals surface area contributed by atoms with Gasteiger partial charge in [0.25, 0.3) is 0 Å². The average molecular weight is 347 g/mol. The Morgan fingerprint density at radius 2 is 2.00 bits per heavy atom. The first-order valence-corrected chi connectivity index (χ1v) is 7.06. The summed E-state index contributed by atoms with van der Waals surface area (Å²) in [5.41, 5.74) is 0.698. The van der Waals surface area contributed by atoms with Crippen LogP contribution >= 0.6 is 15.9 Å². The zero-order valence-corrected chi connectivity index (χ0v) is 12.5. The molecular weight excluding hydrogens is 336 g/mol. The molecule has 21 heavy (non-hydrogen) atoms. The van der Waals surface area contributed by atoms with E-state index >= 15 is 0 Å². The Hall–Kier alpha value is -2.27. The van der Waals surface area contributed by atoms with E-state index < -0.39 is 5.97 Å². The highest BCUT2D eigenvalue weighted by Crippen LogP contribution is 2.27. The van der Waals surface area contributed by atoms with Gasteiger partial charge in [0.2, 0.25) is 0 Å². The summed E-state index contributed by atoms with van der Waals surface area (Å²) in [6.45, 7) is 0.0623. The van der Waals surface area contributed by atoms with Crippen LogP contribution in [0.15, 0.2) is 57.4 Å². The summed E-state index contributed by atoms with van der Waals surface area (Å²) >= 11 is 3.36. The molecule has 0 saturated carbocycles. The lowest BCUT2D eigenvalue weighted by atomic mass is 10.1. The number of aromatic carboxylic acids is 1. The van der Waals surface area contributed by atoms with Crippen LogP contribution < -0.4 is 4.74 Å². The molecule has 3 aromatic rings. The van der Waals surface area contributed by atoms with Crippen molar-refractivity contribution >= 4 is 32.9 Å². The molecule has 0 unspecified atom stereocenters. The second-order valence-corrected chi connectivity index (χ2v) is 5.36. The van der Waals surface area contributed by atoms with Crippen molar-refractivity contribution in [3.05, 3.63) is 64.3 Å². The van der Waals surface area contributed by atoms with E-state index in [0.29, 0.717) is 22.5 Å². The molecule has 3 rings (SSSR count). The molecule has 1 aromatic heterocycles. The zero-order chi connectivity index (χ0) is 14.8. The number of hydrogen-bond donors (Lipinski definition) is 1. The molecule has 0 aliphatic rings. The summed E-state index contributed by atoms with van der Waals surface area (Å²) in [5.74, 6) is -0.0716. The van der Waals surface area contributed by atoms with Gasteiger partial charge in [0, 0.05) is 9.86 Å². The summed E-state index contributed by atoms with van der Waals surface area (Å²) in [4.78, 5) is 11.4. The number of rotatable bonds is 4. The van der Waals surface area contributed by atoms with Gasteiger partial charge in [0.1, 0.15) is 23.5 Å². The standard InChI is InChI=1S/C16H11BrO4/c17-10-4-3-5-11(8-10)20-9-14-15(16(18)19)12-6-1-2-7-13(12)21-14/h1-8H,9H2,(H,18,19). The van der Waals surface area contributed by atoms with Crippen LogP contribution in [0.3, 0.4) is 0 Å². The number of para-hydroxylation sites is 1. The van der Waals surface area contributed by atoms with Crippen molar-refractivity contribution < 1.29 is 19.1 Å². The van der Waals surface area contributed by atoms with Crippen LogP contribution in [0.5, 0.6) is 5.75 Å². The smallest absolute Gasteiger partial charge is 0.340 e. The highest BCUT2D eigenvalue weighted by atomic mass is 79.9. The molecule has 1 heterocycles. The Labute approximate surface area is 129 Å². The predicted molar refractivity (Wildman–Crippen MR) is 81.6 cm³/mol. The number of halogens is 1. The van der Waals surface area contributed by atoms with Gasteiger partial charge in [-0.25, -0.2) is 4.79 Å². The van der Waals surface area contributed by atoms with Crippen LogP contribution in [0, 0.1) is 0 Å². The van der Waals surface area contributed by atoms with E-state index in [1.54, 1.807) is 30.3 Å². The largest absolute Gasteiger partial charge is 0.486 e. The third kappa shape index (κ3) is 2.78. The fraction of sp³-hybridized carbons (Fsp3) is 0.0625. The Bertz CT molecular complexity index is 807. The van der Waals surface area contributed by atoms with Crippen LogP contribution in [-0.2, 0) is 6.61 Å². The molecule has 0 radical (unpaired) electrons. The summed E-state index contributed by atoms with van der Waals surface area (Å²) in [6.07, 6.45) is 0. The fourth-order valence-electron chi connectivity index (χ4n) is 2.14. The molecule has 2 aromatic carbocycles. The molecular formula is C16H11BrO4. The molecule has 0 fully saturated rings. The van der Waals surface area contributed by atoms with E-state index in [1.807, 2.05) is 18.2 Å². The lowest BCUT2D eigenvalue weighted by Crippen LogP contribution is -2.03. The van der Waals surface area contributed by atoms with E-state index in [4.69, 9.17) is 9.15 Å². The third-order valence-corrected chi connectivity index (χ3v) is 3.54. The quantitative estimate of drug-likeness (QED) is 0.756. The maximum atomic E-state index is 11.4. The van der Waals surface area contributed by atoms with Crippen molar-refractivity contribution in [3.8, 4) is 5.75 Å². The van der Waals surface area contributed by atoms with Crippen molar-refractivity contribution in [1.29, 1.82) is 0 Å². The van der Waals surface area contributed by atoms with Gasteiger partial charge in [-0.05, 0) is 24.3 Å². The van der Waals surface area contributed by atoms with Gasteiger partial charge in [-0.15, -0.1) is 0 Å². The topological polar surface area (TPSA) is 59.7 Å². The highest BCUT2D eigenvalue weighted by Gasteiger charge is 2.20. The van der Waals surface area contributed by atoms with E-state index in [2.05, 4.69) is 15.9 Å². The fourth-order valence-corrected chi connectivity index (χ4v) is 2.52. The van der Waals surface area contributed by atoms with Crippen molar-refractivity contribution in [2.75, 3.05) is 0 Å². The van der Waals surface area contributed by atoms with Crippen LogP contribution in [0.2, 0.25) is 0 Å². The molecule has 0 aliphatic heterocycles. The number of fused-ring (bicyclic) bond motifs is 1. The summed E-state index contributed by atoms with van der Waals surface area (Å²) in [5, 5.41) is 9.95. The molecule has 5 heteroatoms. The van der Waals surface area contributed by atoms with E-state index in [0.717, 1.165) is 4.47 Å². The van der Waals surface area contributed by atoms with Gasteiger partial charge >= 0.3 is 5.97 Å². The Balaban J connectivity index is 1.93. The lowest BCUT2D eigenvalue weighted by Gasteiger charge is -2.05. The third-order valence-electron chi connectivity index (χ3n) is 3.05. The Kier molecular flexibility index (Phi) is 3.66. The number of hydrogen-bond acceptors (Lipinski definition) is 3. The first kappa shape index (κ1) is 13.7. The molecule has 0 atom stereocenters. The molecule has 0 bridgehead atoms. The van der Waals surface area contributed by atoms with Gasteiger partial charge in [0.15, 0.2) is 5.76 Å². The Morgan fingerprint density at radius 1 is 1.19 bits per heavy atom. The van der Waals surface area contributed by atoms with Gasteiger partial charge < -0.3 is 14.3 Å². The first-order valence-electron chi connectivity index (χ1n) is 6.27. The minimum Gasteiger partial charge on any atom is -0.486 e. The normalized spacial score (nSPS) is 10.7. The summed E-state index contributed by atoms with van der Waals surface area (Å²) < 4.78 is 12.1. The first-order chi connectivity index (χ1) is 10.1. The number of furan rings is 1. The maximum Gasteiger partial charge on any atom is 0.340 e. The molecule has 1 N–H and O–H groups in total. The Morgan fingerprint density at radius 3 is 2.76 bits per heavy atom. The van der Waals surface area contributed by atoms with Crippen LogP contribution in [0.25, 0.3) is 11.0 Å². The number of carbonyl (C=O) groups is 1. The van der Waals surface area contributed by atoms with E-state index in [9.17, 15) is 9.90 Å². The van der Waals surface area contributed by atoms with Crippen molar-refractivity contribution in [1.82, 2.24) is 0 Å². The number of carboxylic acid groups (broad SMARTS) is 1. The molecule has 0 saturated heterocycles. The van der Waals surface area contributed by atoms with Gasteiger partial charge in [-0.1, -0.05) is 40.2 Å². The highest BCUT2D eigenvalue weighted by molar-refractivity contribution is 9.10. The lowest BCUT2D eigenvalue weighted by molar-refractivity contribution is 0.0693. The second-order valence-electron chi connectivity index (χ2n) is 4.45. The second kappa shape index (κ2) is 5.61. The molecule has 0 amide bonds. The SMILES string of the molecule is O=C(O)c1c(COc2cccc(Br)c2)oc2ccccc12. The molecule has 0 spiro atoms. The van der Waals surface area contributed by atoms with Crippen LogP contribution in [0.1, 0.15) is 16.1 Å². The number of ether oxygens (including phenoxy) is 1. The van der Waals surface area contributed by atoms with Crippen LogP contribution in [-0.4, -0.2) is 11.1 Å². The zero-order valence-electron chi connectivity index (χ0n) is 10.9. The minimum atomic E-state index is -1.02. The minimum absolute atomic E-state index is 0.0623. The van der Waals surface area contributed by atoms with Crippen molar-refractivity contribution in [2.24, 2.45) is 0 Å². The van der Waals surface area contributed by atoms with Crippen molar-refractivity contribution in [2.45, 2.75) is 6.61 Å². The molecule has 4 nitrogen and oxygen atoms in total. The molecule has 106 valence electrons. The molecule has 0 aliphatic carbocycles. The maximum absolute atomic E-state index is 11.4. The van der Waals surface area contributed by atoms with Gasteiger partial charge in [-0.3, -0.25) is 0 Å². The predicted octanol–water partition coefficient (Wildman–Crippen LogP) is 4.47. The van der Waals surface area contributed by atoms with Gasteiger partial charge in [0.05, 0.1) is 0 Å². The average Bonchev–Trinajstić information content (AvgIpc) is 2.83. The number of carboxylic acids is 1. The monoisotopic (exact) mass is 346 g/mol. The van der Waals surface area contributed by atoms with Crippen molar-refractivity contribution in [3.63, 3.8) is 0 Å². The number of benzene rings is 2. The van der Waals surface area contributed by atoms with Crippen LogP contribution in [0.4, 0.5) is 0 Å². The van der Waals surface area contributed by atoms with E-state index in [1.165, 1.54) is 0 Å². The van der Waals surface area contributed by atoms with E-state index in [-0.39, 0.29) is 12.2 Å². The summed E-state index contributed by atoms with van der Waals surface area (Å²) in [7, 11) is 0.